The Labute approximate surface area is 161 Å². The van der Waals surface area contributed by atoms with Crippen LogP contribution in [-0.4, -0.2) is 41.1 Å². The van der Waals surface area contributed by atoms with Crippen LogP contribution in [0.5, 0.6) is 17.2 Å². The lowest BCUT2D eigenvalue weighted by Crippen LogP contribution is -2.17. The molecule has 28 heavy (non-hydrogen) atoms. The highest BCUT2D eigenvalue weighted by Gasteiger charge is 2.13. The summed E-state index contributed by atoms with van der Waals surface area (Å²) >= 11 is 0. The normalized spacial score (nSPS) is 10.8. The second kappa shape index (κ2) is 8.72. The van der Waals surface area contributed by atoms with Gasteiger partial charge in [0.15, 0.2) is 11.5 Å². The number of carbonyl (C=O) groups excluding carboxylic acids is 1. The van der Waals surface area contributed by atoms with Gasteiger partial charge in [0.05, 0.1) is 25.6 Å². The van der Waals surface area contributed by atoms with Crippen LogP contribution in [0.2, 0.25) is 0 Å². The van der Waals surface area contributed by atoms with Gasteiger partial charge >= 0.3 is 0 Å². The summed E-state index contributed by atoms with van der Waals surface area (Å²) in [4.78, 5) is 12.2. The molecule has 0 aliphatic heterocycles. The van der Waals surface area contributed by atoms with E-state index in [2.05, 4.69) is 20.7 Å². The van der Waals surface area contributed by atoms with Crippen molar-refractivity contribution in [2.45, 2.75) is 6.92 Å². The van der Waals surface area contributed by atoms with Crippen LogP contribution in [0.15, 0.2) is 53.6 Å². The maximum atomic E-state index is 12.2. The standard InChI is InChI=1S/C20H20N4O4/c1-3-28-18-9-6-14(10-19(18)27-2)16-11-17(23-22-16)20(26)24-21-12-13-4-7-15(25)8-5-13/h4-12,25H,3H2,1-2H3,(H,22,23)(H,24,26)/b21-12+. The summed E-state index contributed by atoms with van der Waals surface area (Å²) in [7, 11) is 1.57. The number of carbonyl (C=O) groups is 1. The first kappa shape index (κ1) is 19.0. The Hall–Kier alpha value is -3.81. The minimum atomic E-state index is -0.424. The molecule has 0 unspecified atom stereocenters. The second-order valence-electron chi connectivity index (χ2n) is 5.76. The van der Waals surface area contributed by atoms with E-state index < -0.39 is 5.91 Å². The van der Waals surface area contributed by atoms with Crippen molar-refractivity contribution in [2.75, 3.05) is 13.7 Å². The third-order valence-corrected chi connectivity index (χ3v) is 3.85. The number of rotatable bonds is 7. The first-order chi connectivity index (χ1) is 13.6. The molecule has 0 aliphatic carbocycles. The van der Waals surface area contributed by atoms with Gasteiger partial charge in [0.1, 0.15) is 11.4 Å². The van der Waals surface area contributed by atoms with Gasteiger partial charge in [-0.3, -0.25) is 9.89 Å². The minimum Gasteiger partial charge on any atom is -0.508 e. The van der Waals surface area contributed by atoms with Crippen molar-refractivity contribution in [2.24, 2.45) is 5.10 Å². The van der Waals surface area contributed by atoms with Crippen molar-refractivity contribution < 1.29 is 19.4 Å². The molecular formula is C20H20N4O4. The zero-order valence-electron chi connectivity index (χ0n) is 15.5. The molecule has 0 spiro atoms. The van der Waals surface area contributed by atoms with Crippen LogP contribution in [0, 0.1) is 0 Å². The van der Waals surface area contributed by atoms with Crippen LogP contribution in [0.4, 0.5) is 0 Å². The molecule has 2 aromatic carbocycles. The molecule has 1 aromatic heterocycles. The first-order valence-electron chi connectivity index (χ1n) is 8.59. The number of aromatic amines is 1. The number of nitrogens with zero attached hydrogens (tertiary/aromatic N) is 2. The molecule has 144 valence electrons. The van der Waals surface area contributed by atoms with Crippen molar-refractivity contribution in [1.82, 2.24) is 15.6 Å². The zero-order valence-corrected chi connectivity index (χ0v) is 15.5. The van der Waals surface area contributed by atoms with Crippen LogP contribution in [0.25, 0.3) is 11.3 Å². The number of amides is 1. The number of hydrazone groups is 1. The van der Waals surface area contributed by atoms with E-state index in [1.165, 1.54) is 18.3 Å². The number of aromatic hydroxyl groups is 1. The molecule has 0 fully saturated rings. The number of phenols is 1. The van der Waals surface area contributed by atoms with E-state index in [-0.39, 0.29) is 11.4 Å². The molecule has 1 heterocycles. The quantitative estimate of drug-likeness (QED) is 0.431. The number of H-pyrrole nitrogens is 1. The Morgan fingerprint density at radius 3 is 2.71 bits per heavy atom. The number of aromatic nitrogens is 2. The number of methoxy groups -OCH3 is 1. The molecule has 0 radical (unpaired) electrons. The third-order valence-electron chi connectivity index (χ3n) is 3.85. The highest BCUT2D eigenvalue weighted by molar-refractivity contribution is 5.94. The Morgan fingerprint density at radius 1 is 1.21 bits per heavy atom. The largest absolute Gasteiger partial charge is 0.508 e. The maximum Gasteiger partial charge on any atom is 0.289 e. The Balaban J connectivity index is 1.69. The van der Waals surface area contributed by atoms with Gasteiger partial charge < -0.3 is 14.6 Å². The van der Waals surface area contributed by atoms with Gasteiger partial charge in [-0.15, -0.1) is 0 Å². The lowest BCUT2D eigenvalue weighted by molar-refractivity contribution is 0.0950. The fraction of sp³-hybridized carbons (Fsp3) is 0.150. The predicted molar refractivity (Wildman–Crippen MR) is 105 cm³/mol. The van der Waals surface area contributed by atoms with Gasteiger partial charge in [0, 0.05) is 5.56 Å². The Bertz CT molecular complexity index is 980. The number of nitrogens with one attached hydrogen (secondary N) is 2. The summed E-state index contributed by atoms with van der Waals surface area (Å²) in [5.74, 6) is 0.974. The molecule has 1 amide bonds. The van der Waals surface area contributed by atoms with Crippen molar-refractivity contribution >= 4 is 12.1 Å². The third kappa shape index (κ3) is 4.47. The van der Waals surface area contributed by atoms with Gasteiger partial charge in [-0.2, -0.15) is 10.2 Å². The van der Waals surface area contributed by atoms with Crippen molar-refractivity contribution in [3.05, 3.63) is 59.8 Å². The van der Waals surface area contributed by atoms with Crippen LogP contribution in [-0.2, 0) is 0 Å². The van der Waals surface area contributed by atoms with Crippen molar-refractivity contribution in [3.63, 3.8) is 0 Å². The number of ether oxygens (including phenoxy) is 2. The molecule has 0 aliphatic rings. The number of benzene rings is 2. The van der Waals surface area contributed by atoms with E-state index in [0.717, 1.165) is 11.1 Å². The average Bonchev–Trinajstić information content (AvgIpc) is 3.20. The summed E-state index contributed by atoms with van der Waals surface area (Å²) in [5, 5.41) is 20.0. The summed E-state index contributed by atoms with van der Waals surface area (Å²) in [6.45, 7) is 2.43. The molecular weight excluding hydrogens is 360 g/mol. The number of hydrogen-bond donors (Lipinski definition) is 3. The van der Waals surface area contributed by atoms with E-state index >= 15 is 0 Å². The monoisotopic (exact) mass is 380 g/mol. The molecule has 0 saturated heterocycles. The van der Waals surface area contributed by atoms with Crippen molar-refractivity contribution in [1.29, 1.82) is 0 Å². The van der Waals surface area contributed by atoms with Crippen LogP contribution in [0.3, 0.4) is 0 Å². The van der Waals surface area contributed by atoms with Gasteiger partial charge in [0.25, 0.3) is 5.91 Å². The van der Waals surface area contributed by atoms with Gasteiger partial charge in [-0.25, -0.2) is 5.43 Å². The first-order valence-corrected chi connectivity index (χ1v) is 8.59. The molecule has 8 heteroatoms. The summed E-state index contributed by atoms with van der Waals surface area (Å²) in [6, 6.07) is 13.5. The molecule has 0 atom stereocenters. The molecule has 3 aromatic rings. The van der Waals surface area contributed by atoms with Gasteiger partial charge in [0.2, 0.25) is 0 Å². The van der Waals surface area contributed by atoms with E-state index in [1.54, 1.807) is 37.4 Å². The second-order valence-corrected chi connectivity index (χ2v) is 5.76. The summed E-state index contributed by atoms with van der Waals surface area (Å²) in [5.41, 5.74) is 4.81. The van der Waals surface area contributed by atoms with Crippen LogP contribution >= 0.6 is 0 Å². The zero-order chi connectivity index (χ0) is 19.9. The Morgan fingerprint density at radius 2 is 2.00 bits per heavy atom. The minimum absolute atomic E-state index is 0.164. The molecule has 3 N–H and O–H groups in total. The van der Waals surface area contributed by atoms with Gasteiger partial charge in [-0.1, -0.05) is 0 Å². The molecule has 0 bridgehead atoms. The summed E-state index contributed by atoms with van der Waals surface area (Å²) in [6.07, 6.45) is 1.48. The lowest BCUT2D eigenvalue weighted by atomic mass is 10.1. The smallest absolute Gasteiger partial charge is 0.289 e. The van der Waals surface area contributed by atoms with Gasteiger partial charge in [-0.05, 0) is 61.0 Å². The Kier molecular flexibility index (Phi) is 5.91. The van der Waals surface area contributed by atoms with Crippen LogP contribution < -0.4 is 14.9 Å². The molecule has 0 saturated carbocycles. The summed E-state index contributed by atoms with van der Waals surface area (Å²) < 4.78 is 10.8. The molecule has 3 rings (SSSR count). The highest BCUT2D eigenvalue weighted by atomic mass is 16.5. The van der Waals surface area contributed by atoms with E-state index in [4.69, 9.17) is 9.47 Å². The van der Waals surface area contributed by atoms with Crippen molar-refractivity contribution in [3.8, 4) is 28.5 Å². The van der Waals surface area contributed by atoms with E-state index in [1.807, 2.05) is 13.0 Å². The maximum absolute atomic E-state index is 12.2. The highest BCUT2D eigenvalue weighted by Crippen LogP contribution is 2.32. The number of phenolic OH excluding ortho intramolecular Hbond substituents is 1. The van der Waals surface area contributed by atoms with E-state index in [9.17, 15) is 9.90 Å². The average molecular weight is 380 g/mol. The van der Waals surface area contributed by atoms with Crippen LogP contribution in [0.1, 0.15) is 23.0 Å². The number of hydrogen-bond acceptors (Lipinski definition) is 6. The van der Waals surface area contributed by atoms with E-state index in [0.29, 0.717) is 23.8 Å². The lowest BCUT2D eigenvalue weighted by Gasteiger charge is -2.09. The topological polar surface area (TPSA) is 109 Å². The fourth-order valence-corrected chi connectivity index (χ4v) is 2.47. The fourth-order valence-electron chi connectivity index (χ4n) is 2.47. The predicted octanol–water partition coefficient (Wildman–Crippen LogP) is 2.95. The molecule has 8 nitrogen and oxygen atoms in total. The SMILES string of the molecule is CCOc1ccc(-c2cc(C(=O)N/N=C/c3ccc(O)cc3)[nH]n2)cc1OC.